The molecule has 17 heavy (non-hydrogen) atoms. The summed E-state index contributed by atoms with van der Waals surface area (Å²) < 4.78 is 7.84. The maximum Gasteiger partial charge on any atom is 0.225 e. The van der Waals surface area contributed by atoms with E-state index >= 15 is 0 Å². The Hall–Kier alpha value is -0.840. The lowest BCUT2D eigenvalue weighted by atomic mass is 10.0. The SMILES string of the molecule is CC1(C)OCCn2c1cc1c(Cl)nc(Cl)nc12. The van der Waals surface area contributed by atoms with Gasteiger partial charge in [0, 0.05) is 6.54 Å². The average molecular weight is 272 g/mol. The molecule has 0 saturated carbocycles. The van der Waals surface area contributed by atoms with Crippen LogP contribution in [0.25, 0.3) is 11.0 Å². The molecule has 0 atom stereocenters. The molecule has 0 fully saturated rings. The van der Waals surface area contributed by atoms with Gasteiger partial charge in [-0.2, -0.15) is 4.98 Å². The molecule has 1 aliphatic heterocycles. The van der Waals surface area contributed by atoms with Crippen molar-refractivity contribution in [1.29, 1.82) is 0 Å². The Morgan fingerprint density at radius 1 is 1.35 bits per heavy atom. The fraction of sp³-hybridized carbons (Fsp3) is 0.455. The number of halogens is 2. The zero-order valence-electron chi connectivity index (χ0n) is 9.50. The standard InChI is InChI=1S/C11H11Cl2N3O/c1-11(2)7-5-6-8(12)14-10(13)15-9(6)16(7)3-4-17-11/h5H,3-4H2,1-2H3. The van der Waals surface area contributed by atoms with Crippen LogP contribution in [0, 0.1) is 0 Å². The van der Waals surface area contributed by atoms with E-state index in [1.54, 1.807) is 0 Å². The van der Waals surface area contributed by atoms with E-state index in [-0.39, 0.29) is 10.9 Å². The summed E-state index contributed by atoms with van der Waals surface area (Å²) in [7, 11) is 0. The number of ether oxygens (including phenoxy) is 1. The van der Waals surface area contributed by atoms with Crippen LogP contribution in [-0.2, 0) is 16.9 Å². The van der Waals surface area contributed by atoms with Gasteiger partial charge in [-0.25, -0.2) is 4.98 Å². The van der Waals surface area contributed by atoms with E-state index < -0.39 is 0 Å². The van der Waals surface area contributed by atoms with Crippen LogP contribution >= 0.6 is 23.2 Å². The molecular weight excluding hydrogens is 261 g/mol. The lowest BCUT2D eigenvalue weighted by molar-refractivity contribution is -0.0494. The van der Waals surface area contributed by atoms with Gasteiger partial charge in [0.2, 0.25) is 5.28 Å². The Morgan fingerprint density at radius 3 is 2.88 bits per heavy atom. The molecule has 6 heteroatoms. The van der Waals surface area contributed by atoms with Crippen molar-refractivity contribution < 1.29 is 4.74 Å². The van der Waals surface area contributed by atoms with Gasteiger partial charge < -0.3 is 9.30 Å². The molecule has 1 aliphatic rings. The molecule has 0 radical (unpaired) electrons. The van der Waals surface area contributed by atoms with Crippen molar-refractivity contribution in [3.8, 4) is 0 Å². The molecule has 0 aliphatic carbocycles. The lowest BCUT2D eigenvalue weighted by Gasteiger charge is -2.31. The third kappa shape index (κ3) is 1.63. The summed E-state index contributed by atoms with van der Waals surface area (Å²) in [6.45, 7) is 5.47. The molecule has 90 valence electrons. The number of aromatic nitrogens is 3. The predicted octanol–water partition coefficient (Wildman–Crippen LogP) is 3.00. The smallest absolute Gasteiger partial charge is 0.225 e. The van der Waals surface area contributed by atoms with Crippen LogP contribution in [0.5, 0.6) is 0 Å². The second-order valence-corrected chi connectivity index (χ2v) is 5.26. The summed E-state index contributed by atoms with van der Waals surface area (Å²) in [6, 6.07) is 1.98. The van der Waals surface area contributed by atoms with Crippen LogP contribution in [0.4, 0.5) is 0 Å². The Kier molecular flexibility index (Phi) is 2.37. The topological polar surface area (TPSA) is 39.9 Å². The van der Waals surface area contributed by atoms with Gasteiger partial charge in [0.15, 0.2) is 0 Å². The number of rotatable bonds is 0. The molecule has 0 N–H and O–H groups in total. The molecule has 0 aromatic carbocycles. The fourth-order valence-electron chi connectivity index (χ4n) is 2.26. The first-order valence-corrected chi connectivity index (χ1v) is 6.11. The first-order valence-electron chi connectivity index (χ1n) is 5.36. The van der Waals surface area contributed by atoms with E-state index in [0.29, 0.717) is 11.8 Å². The fourth-order valence-corrected chi connectivity index (χ4v) is 2.68. The number of hydrogen-bond donors (Lipinski definition) is 0. The van der Waals surface area contributed by atoms with Crippen LogP contribution in [0.1, 0.15) is 19.5 Å². The van der Waals surface area contributed by atoms with Crippen LogP contribution in [0.3, 0.4) is 0 Å². The largest absolute Gasteiger partial charge is 0.367 e. The van der Waals surface area contributed by atoms with Crippen molar-refractivity contribution in [2.24, 2.45) is 0 Å². The molecule has 0 amide bonds. The van der Waals surface area contributed by atoms with Crippen molar-refractivity contribution in [3.63, 3.8) is 0 Å². The van der Waals surface area contributed by atoms with Crippen molar-refractivity contribution in [3.05, 3.63) is 22.2 Å². The Bertz CT molecular complexity index is 606. The van der Waals surface area contributed by atoms with Crippen molar-refractivity contribution in [2.45, 2.75) is 26.0 Å². The van der Waals surface area contributed by atoms with E-state index in [4.69, 9.17) is 27.9 Å². The molecule has 2 aromatic heterocycles. The van der Waals surface area contributed by atoms with Crippen LogP contribution in [0.2, 0.25) is 10.4 Å². The van der Waals surface area contributed by atoms with E-state index in [0.717, 1.165) is 23.3 Å². The van der Waals surface area contributed by atoms with Crippen molar-refractivity contribution in [2.75, 3.05) is 6.61 Å². The molecule has 2 aromatic rings. The second kappa shape index (κ2) is 3.57. The first-order chi connectivity index (χ1) is 7.99. The highest BCUT2D eigenvalue weighted by Crippen LogP contribution is 2.35. The second-order valence-electron chi connectivity index (χ2n) is 4.56. The van der Waals surface area contributed by atoms with E-state index in [1.165, 1.54) is 0 Å². The monoisotopic (exact) mass is 271 g/mol. The van der Waals surface area contributed by atoms with Gasteiger partial charge in [0.25, 0.3) is 0 Å². The highest BCUT2D eigenvalue weighted by Gasteiger charge is 2.31. The molecule has 0 saturated heterocycles. The Morgan fingerprint density at radius 2 is 2.12 bits per heavy atom. The van der Waals surface area contributed by atoms with E-state index in [1.807, 2.05) is 19.9 Å². The van der Waals surface area contributed by atoms with Gasteiger partial charge in [-0.1, -0.05) is 11.6 Å². The predicted molar refractivity (Wildman–Crippen MR) is 66.5 cm³/mol. The minimum absolute atomic E-state index is 0.174. The Labute approximate surface area is 109 Å². The van der Waals surface area contributed by atoms with E-state index in [2.05, 4.69) is 14.5 Å². The van der Waals surface area contributed by atoms with Gasteiger partial charge in [0.05, 0.1) is 17.7 Å². The summed E-state index contributed by atoms with van der Waals surface area (Å²) in [5.41, 5.74) is 1.49. The van der Waals surface area contributed by atoms with Crippen LogP contribution in [-0.4, -0.2) is 21.1 Å². The summed E-state index contributed by atoms with van der Waals surface area (Å²) in [4.78, 5) is 8.21. The molecule has 3 heterocycles. The number of fused-ring (bicyclic) bond motifs is 3. The maximum atomic E-state index is 6.09. The van der Waals surface area contributed by atoms with Gasteiger partial charge in [-0.3, -0.25) is 0 Å². The Balaban J connectivity index is 2.38. The normalized spacial score (nSPS) is 18.4. The van der Waals surface area contributed by atoms with Crippen molar-refractivity contribution >= 4 is 34.2 Å². The minimum Gasteiger partial charge on any atom is -0.367 e. The van der Waals surface area contributed by atoms with Gasteiger partial charge in [-0.15, -0.1) is 0 Å². The van der Waals surface area contributed by atoms with E-state index in [9.17, 15) is 0 Å². The molecule has 0 bridgehead atoms. The van der Waals surface area contributed by atoms with Crippen LogP contribution < -0.4 is 0 Å². The van der Waals surface area contributed by atoms with Gasteiger partial charge >= 0.3 is 0 Å². The zero-order chi connectivity index (χ0) is 12.2. The zero-order valence-corrected chi connectivity index (χ0v) is 11.0. The van der Waals surface area contributed by atoms with Crippen LogP contribution in [0.15, 0.2) is 6.07 Å². The summed E-state index contributed by atoms with van der Waals surface area (Å²) >= 11 is 11.9. The molecule has 0 unspecified atom stereocenters. The molecule has 4 nitrogen and oxygen atoms in total. The molecular formula is C11H11Cl2N3O. The number of hydrogen-bond acceptors (Lipinski definition) is 3. The molecule has 0 spiro atoms. The van der Waals surface area contributed by atoms with Gasteiger partial charge in [0.1, 0.15) is 16.4 Å². The number of nitrogens with zero attached hydrogens (tertiary/aromatic N) is 3. The third-order valence-electron chi connectivity index (χ3n) is 3.07. The quantitative estimate of drug-likeness (QED) is 0.546. The van der Waals surface area contributed by atoms with Crippen molar-refractivity contribution in [1.82, 2.24) is 14.5 Å². The minimum atomic E-state index is -0.339. The first kappa shape index (κ1) is 11.3. The summed E-state index contributed by atoms with van der Waals surface area (Å²) in [5.74, 6) is 0. The van der Waals surface area contributed by atoms with Gasteiger partial charge in [-0.05, 0) is 31.5 Å². The summed E-state index contributed by atoms with van der Waals surface area (Å²) in [6.07, 6.45) is 0. The maximum absolute atomic E-state index is 6.09. The highest BCUT2D eigenvalue weighted by molar-refractivity contribution is 6.35. The molecule has 3 rings (SSSR count). The summed E-state index contributed by atoms with van der Waals surface area (Å²) in [5, 5.41) is 1.38. The highest BCUT2D eigenvalue weighted by atomic mass is 35.5. The third-order valence-corrected chi connectivity index (χ3v) is 3.53. The average Bonchev–Trinajstić information content (AvgIpc) is 2.58. The lowest BCUT2D eigenvalue weighted by Crippen LogP contribution is -2.32.